The maximum atomic E-state index is 12.6. The number of carbonyl (C=O) groups is 1. The van der Waals surface area contributed by atoms with Gasteiger partial charge < -0.3 is 9.15 Å². The molecule has 0 bridgehead atoms. The predicted molar refractivity (Wildman–Crippen MR) is 126 cm³/mol. The van der Waals surface area contributed by atoms with E-state index >= 15 is 0 Å². The Bertz CT molecular complexity index is 1300. The van der Waals surface area contributed by atoms with E-state index in [0.717, 1.165) is 5.56 Å². The highest BCUT2D eigenvalue weighted by molar-refractivity contribution is 8.27. The Labute approximate surface area is 192 Å². The number of carbonyl (C=O) groups excluding carboxylic acids is 1. The number of para-hydroxylation sites is 1. The van der Waals surface area contributed by atoms with Gasteiger partial charge in [-0.25, -0.2) is 0 Å². The van der Waals surface area contributed by atoms with Crippen molar-refractivity contribution in [3.8, 4) is 17.1 Å². The minimum atomic E-state index is -0.515. The van der Waals surface area contributed by atoms with Crippen LogP contribution in [-0.2, 0) is 4.79 Å². The van der Waals surface area contributed by atoms with Crippen molar-refractivity contribution in [3.63, 3.8) is 0 Å². The van der Waals surface area contributed by atoms with Gasteiger partial charge in [-0.1, -0.05) is 29.8 Å². The maximum absolute atomic E-state index is 12.6. The largest absolute Gasteiger partial charge is 0.487 e. The second kappa shape index (κ2) is 8.49. The number of rotatable bonds is 5. The van der Waals surface area contributed by atoms with Crippen LogP contribution in [0.4, 0.5) is 0 Å². The Hall–Kier alpha value is -3.62. The third-order valence-electron chi connectivity index (χ3n) is 4.64. The Morgan fingerprint density at radius 3 is 2.66 bits per heavy atom. The molecule has 1 amide bonds. The van der Waals surface area contributed by atoms with Crippen LogP contribution in [0.5, 0.6) is 5.75 Å². The summed E-state index contributed by atoms with van der Waals surface area (Å²) in [6, 6.07) is 20.1. The third kappa shape index (κ3) is 4.10. The summed E-state index contributed by atoms with van der Waals surface area (Å²) in [6.07, 6.45) is 1.50. The van der Waals surface area contributed by atoms with E-state index in [1.807, 2.05) is 42.5 Å². The van der Waals surface area contributed by atoms with Crippen molar-refractivity contribution in [1.29, 1.82) is 5.41 Å². The highest BCUT2D eigenvalue weighted by atomic mass is 35.5. The molecule has 0 aliphatic carbocycles. The number of thioether (sulfide) groups is 1. The van der Waals surface area contributed by atoms with Crippen molar-refractivity contribution in [2.45, 2.75) is 0 Å². The standard InChI is InChI=1S/C23H15ClN4O3S/c24-15-8-6-14(7-9-15)19-11-10-17(31-19)12-18-21(25)28-23(26-22(18)29)32-20(27-28)13-30-16-4-2-1-3-5-16/h1-12,25H,13H2/b18-12+,25-21?. The van der Waals surface area contributed by atoms with Crippen LogP contribution in [0.2, 0.25) is 5.02 Å². The van der Waals surface area contributed by atoms with E-state index in [1.54, 1.807) is 24.3 Å². The molecule has 0 saturated carbocycles. The van der Waals surface area contributed by atoms with E-state index in [1.165, 1.54) is 22.8 Å². The van der Waals surface area contributed by atoms with Crippen LogP contribution in [0.15, 0.2) is 86.8 Å². The SMILES string of the molecule is N=C1/C(=C\c2ccc(-c3ccc(Cl)cc3)o2)C(=O)N=C2SC(COc3ccccc3)=NN12. The number of aliphatic imine (C=N–C) groups is 1. The summed E-state index contributed by atoms with van der Waals surface area (Å²) < 4.78 is 11.5. The lowest BCUT2D eigenvalue weighted by Crippen LogP contribution is -2.35. The second-order valence-corrected chi connectivity index (χ2v) is 8.30. The molecule has 0 atom stereocenters. The lowest BCUT2D eigenvalue weighted by Gasteiger charge is -2.19. The quantitative estimate of drug-likeness (QED) is 0.519. The molecule has 9 heteroatoms. The summed E-state index contributed by atoms with van der Waals surface area (Å²) in [7, 11) is 0. The van der Waals surface area contributed by atoms with Crippen molar-refractivity contribution < 1.29 is 13.9 Å². The number of amides is 1. The van der Waals surface area contributed by atoms with Gasteiger partial charge in [0.05, 0.1) is 5.57 Å². The molecule has 1 N–H and O–H groups in total. The van der Waals surface area contributed by atoms with Crippen molar-refractivity contribution in [3.05, 3.63) is 83.1 Å². The minimum absolute atomic E-state index is 0.0633. The van der Waals surface area contributed by atoms with Gasteiger partial charge in [-0.15, -0.1) is 0 Å². The van der Waals surface area contributed by atoms with E-state index < -0.39 is 5.91 Å². The first-order valence-corrected chi connectivity index (χ1v) is 10.8. The Morgan fingerprint density at radius 2 is 1.88 bits per heavy atom. The van der Waals surface area contributed by atoms with Gasteiger partial charge in [0.15, 0.2) is 5.84 Å². The monoisotopic (exact) mass is 462 g/mol. The molecule has 1 aromatic heterocycles. The van der Waals surface area contributed by atoms with Gasteiger partial charge in [-0.05, 0) is 66.4 Å². The zero-order valence-electron chi connectivity index (χ0n) is 16.5. The third-order valence-corrected chi connectivity index (χ3v) is 5.78. The lowest BCUT2D eigenvalue weighted by atomic mass is 10.1. The van der Waals surface area contributed by atoms with Crippen molar-refractivity contribution >= 4 is 51.4 Å². The average Bonchev–Trinajstić information content (AvgIpc) is 3.44. The van der Waals surface area contributed by atoms with Crippen LogP contribution in [-0.4, -0.2) is 33.6 Å². The van der Waals surface area contributed by atoms with Gasteiger partial charge in [0.2, 0.25) is 5.17 Å². The molecule has 0 radical (unpaired) electrons. The Kier molecular flexibility index (Phi) is 5.38. The molecule has 2 aliphatic heterocycles. The summed E-state index contributed by atoms with van der Waals surface area (Å²) in [5, 5.41) is 15.8. The number of ether oxygens (including phenoxy) is 1. The molecule has 0 spiro atoms. The van der Waals surface area contributed by atoms with Crippen LogP contribution in [0.25, 0.3) is 17.4 Å². The van der Waals surface area contributed by atoms with Gasteiger partial charge in [0.1, 0.15) is 28.9 Å². The minimum Gasteiger partial charge on any atom is -0.487 e. The number of halogens is 1. The van der Waals surface area contributed by atoms with Crippen molar-refractivity contribution in [2.75, 3.05) is 6.61 Å². The van der Waals surface area contributed by atoms with Crippen LogP contribution in [0.1, 0.15) is 5.76 Å². The first-order valence-electron chi connectivity index (χ1n) is 9.59. The summed E-state index contributed by atoms with van der Waals surface area (Å²) in [4.78, 5) is 16.7. The fourth-order valence-corrected chi connectivity index (χ4v) is 4.02. The summed E-state index contributed by atoms with van der Waals surface area (Å²) >= 11 is 7.14. The number of nitrogens with zero attached hydrogens (tertiary/aromatic N) is 3. The van der Waals surface area contributed by atoms with E-state index in [4.69, 9.17) is 26.2 Å². The van der Waals surface area contributed by atoms with E-state index in [2.05, 4.69) is 10.1 Å². The predicted octanol–water partition coefficient (Wildman–Crippen LogP) is 5.30. The van der Waals surface area contributed by atoms with E-state index in [-0.39, 0.29) is 18.0 Å². The van der Waals surface area contributed by atoms with Crippen LogP contribution < -0.4 is 4.74 Å². The second-order valence-electron chi connectivity index (χ2n) is 6.82. The van der Waals surface area contributed by atoms with Crippen molar-refractivity contribution in [1.82, 2.24) is 5.01 Å². The molecule has 32 heavy (non-hydrogen) atoms. The van der Waals surface area contributed by atoms with Gasteiger partial charge in [0, 0.05) is 10.6 Å². The van der Waals surface area contributed by atoms with Crippen molar-refractivity contribution in [2.24, 2.45) is 10.1 Å². The number of nitrogens with one attached hydrogen (secondary N) is 1. The summed E-state index contributed by atoms with van der Waals surface area (Å²) in [6.45, 7) is 0.216. The fourth-order valence-electron chi connectivity index (χ4n) is 3.09. The molecule has 0 unspecified atom stereocenters. The molecule has 2 aliphatic rings. The fraction of sp³-hybridized carbons (Fsp3) is 0.0435. The number of amidine groups is 2. The normalized spacial score (nSPS) is 16.8. The molecular weight excluding hydrogens is 448 g/mol. The molecule has 2 aromatic carbocycles. The van der Waals surface area contributed by atoms with Crippen LogP contribution in [0, 0.1) is 5.41 Å². The zero-order valence-corrected chi connectivity index (χ0v) is 18.1. The van der Waals surface area contributed by atoms with Crippen LogP contribution in [0.3, 0.4) is 0 Å². The van der Waals surface area contributed by atoms with Crippen LogP contribution >= 0.6 is 23.4 Å². The number of hydrogen-bond acceptors (Lipinski definition) is 6. The molecule has 0 fully saturated rings. The lowest BCUT2D eigenvalue weighted by molar-refractivity contribution is -0.114. The first-order chi connectivity index (χ1) is 15.6. The Balaban J connectivity index is 1.34. The number of furan rings is 1. The molecule has 3 aromatic rings. The van der Waals surface area contributed by atoms with E-state index in [9.17, 15) is 4.79 Å². The topological polar surface area (TPSA) is 91.2 Å². The van der Waals surface area contributed by atoms with Gasteiger partial charge in [0.25, 0.3) is 5.91 Å². The molecule has 5 rings (SSSR count). The van der Waals surface area contributed by atoms with Gasteiger partial charge in [-0.3, -0.25) is 10.2 Å². The highest BCUT2D eigenvalue weighted by Gasteiger charge is 2.36. The number of hydrogen-bond donors (Lipinski definition) is 1. The molecule has 3 heterocycles. The summed E-state index contributed by atoms with van der Waals surface area (Å²) in [5.74, 6) is 1.20. The number of fused-ring (bicyclic) bond motifs is 1. The highest BCUT2D eigenvalue weighted by Crippen LogP contribution is 2.30. The van der Waals surface area contributed by atoms with Gasteiger partial charge >= 0.3 is 0 Å². The molecular formula is C23H15ClN4O3S. The smallest absolute Gasteiger partial charge is 0.283 e. The van der Waals surface area contributed by atoms with Gasteiger partial charge in [-0.2, -0.15) is 15.1 Å². The first kappa shape index (κ1) is 20.3. The molecule has 0 saturated heterocycles. The molecule has 158 valence electrons. The van der Waals surface area contributed by atoms with E-state index in [0.29, 0.717) is 32.5 Å². The maximum Gasteiger partial charge on any atom is 0.283 e. The number of hydrazone groups is 1. The average molecular weight is 463 g/mol. The Morgan fingerprint density at radius 1 is 1.09 bits per heavy atom. The number of benzene rings is 2. The zero-order chi connectivity index (χ0) is 22.1. The molecule has 7 nitrogen and oxygen atoms in total. The summed E-state index contributed by atoms with van der Waals surface area (Å²) in [5.41, 5.74) is 0.952.